The lowest BCUT2D eigenvalue weighted by Crippen LogP contribution is -2.07. The van der Waals surface area contributed by atoms with Crippen LogP contribution in [-0.4, -0.2) is 21.7 Å². The third-order valence-corrected chi connectivity index (χ3v) is 4.95. The normalized spacial score (nSPS) is 11.1. The number of benzene rings is 3. The summed E-state index contributed by atoms with van der Waals surface area (Å²) in [5.74, 6) is 1.22. The van der Waals surface area contributed by atoms with Crippen LogP contribution in [0.3, 0.4) is 0 Å². The maximum atomic E-state index is 11.5. The van der Waals surface area contributed by atoms with E-state index in [-0.39, 0.29) is 12.5 Å². The standard InChI is InChI=1S/C25H22ClNO4/c1-16(2)30-21-9-5-19(6-10-21)27-20(15-25(28)29)13-17-14-23(11-12-24(17)27)31-22-7-3-18(26)4-8-22/h3-14,16H,15H2,1-2H3,(H,28,29). The van der Waals surface area contributed by atoms with Gasteiger partial charge in [-0.25, -0.2) is 0 Å². The van der Waals surface area contributed by atoms with Crippen molar-refractivity contribution in [2.24, 2.45) is 0 Å². The molecule has 0 bridgehead atoms. The predicted octanol–water partition coefficient (Wildman–Crippen LogP) is 6.49. The molecule has 0 spiro atoms. The molecule has 3 aromatic carbocycles. The van der Waals surface area contributed by atoms with Crippen molar-refractivity contribution in [1.29, 1.82) is 0 Å². The summed E-state index contributed by atoms with van der Waals surface area (Å²) in [5, 5.41) is 10.9. The molecule has 5 nitrogen and oxygen atoms in total. The molecule has 1 aromatic heterocycles. The highest BCUT2D eigenvalue weighted by atomic mass is 35.5. The summed E-state index contributed by atoms with van der Waals surface area (Å²) in [4.78, 5) is 11.5. The van der Waals surface area contributed by atoms with E-state index in [2.05, 4.69) is 0 Å². The molecule has 4 aromatic rings. The molecule has 31 heavy (non-hydrogen) atoms. The average Bonchev–Trinajstić information content (AvgIpc) is 3.06. The Bertz CT molecular complexity index is 1210. The van der Waals surface area contributed by atoms with Crippen LogP contribution in [0, 0.1) is 0 Å². The number of ether oxygens (including phenoxy) is 2. The van der Waals surface area contributed by atoms with Crippen LogP contribution < -0.4 is 9.47 Å². The van der Waals surface area contributed by atoms with E-state index in [1.54, 1.807) is 24.3 Å². The monoisotopic (exact) mass is 435 g/mol. The number of nitrogens with zero attached hydrogens (tertiary/aromatic N) is 1. The molecule has 158 valence electrons. The Labute approximate surface area is 185 Å². The van der Waals surface area contributed by atoms with E-state index in [1.807, 2.05) is 66.9 Å². The number of hydrogen-bond donors (Lipinski definition) is 1. The number of halogens is 1. The minimum atomic E-state index is -0.888. The fraction of sp³-hybridized carbons (Fsp3) is 0.160. The molecule has 6 heteroatoms. The average molecular weight is 436 g/mol. The first-order valence-electron chi connectivity index (χ1n) is 9.96. The topological polar surface area (TPSA) is 60.7 Å². The molecule has 0 radical (unpaired) electrons. The second-order valence-corrected chi connectivity index (χ2v) is 7.92. The van der Waals surface area contributed by atoms with Gasteiger partial charge in [0.1, 0.15) is 17.2 Å². The van der Waals surface area contributed by atoms with Crippen molar-refractivity contribution in [3.63, 3.8) is 0 Å². The zero-order valence-corrected chi connectivity index (χ0v) is 18.0. The molecule has 0 amide bonds. The number of carbonyl (C=O) groups is 1. The number of hydrogen-bond acceptors (Lipinski definition) is 3. The van der Waals surface area contributed by atoms with Gasteiger partial charge in [-0.05, 0) is 86.6 Å². The SMILES string of the molecule is CC(C)Oc1ccc(-n2c(CC(=O)O)cc3cc(Oc4ccc(Cl)cc4)ccc32)cc1. The van der Waals surface area contributed by atoms with Gasteiger partial charge in [-0.1, -0.05) is 11.6 Å². The number of aromatic nitrogens is 1. The molecule has 0 saturated heterocycles. The highest BCUT2D eigenvalue weighted by Crippen LogP contribution is 2.31. The highest BCUT2D eigenvalue weighted by Gasteiger charge is 2.15. The van der Waals surface area contributed by atoms with Crippen molar-refractivity contribution in [3.8, 4) is 22.9 Å². The van der Waals surface area contributed by atoms with E-state index < -0.39 is 5.97 Å². The Morgan fingerprint density at radius 3 is 2.23 bits per heavy atom. The summed E-state index contributed by atoms with van der Waals surface area (Å²) in [6.07, 6.45) is -0.00774. The molecule has 0 fully saturated rings. The molecule has 0 saturated carbocycles. The van der Waals surface area contributed by atoms with Crippen molar-refractivity contribution >= 4 is 28.5 Å². The number of carboxylic acids is 1. The maximum absolute atomic E-state index is 11.5. The van der Waals surface area contributed by atoms with Gasteiger partial charge in [-0.15, -0.1) is 0 Å². The minimum absolute atomic E-state index is 0.0832. The number of aliphatic carboxylic acids is 1. The Hall–Kier alpha value is -3.44. The van der Waals surface area contributed by atoms with E-state index in [0.29, 0.717) is 22.2 Å². The predicted molar refractivity (Wildman–Crippen MR) is 122 cm³/mol. The van der Waals surface area contributed by atoms with Crippen molar-refractivity contribution in [1.82, 2.24) is 4.57 Å². The fourth-order valence-corrected chi connectivity index (χ4v) is 3.61. The summed E-state index contributed by atoms with van der Waals surface area (Å²) in [6, 6.07) is 22.4. The van der Waals surface area contributed by atoms with Gasteiger partial charge in [-0.2, -0.15) is 0 Å². The zero-order valence-electron chi connectivity index (χ0n) is 17.2. The van der Waals surface area contributed by atoms with Crippen LogP contribution in [0.1, 0.15) is 19.5 Å². The smallest absolute Gasteiger partial charge is 0.309 e. The second kappa shape index (κ2) is 8.74. The molecule has 0 unspecified atom stereocenters. The van der Waals surface area contributed by atoms with Gasteiger partial charge in [-0.3, -0.25) is 4.79 Å². The van der Waals surface area contributed by atoms with Crippen LogP contribution in [0.25, 0.3) is 16.6 Å². The molecular formula is C25H22ClNO4. The molecule has 0 aliphatic carbocycles. The molecule has 1 heterocycles. The Morgan fingerprint density at radius 2 is 1.58 bits per heavy atom. The van der Waals surface area contributed by atoms with Gasteiger partial charge in [0.25, 0.3) is 0 Å². The van der Waals surface area contributed by atoms with Crippen molar-refractivity contribution in [2.75, 3.05) is 0 Å². The second-order valence-electron chi connectivity index (χ2n) is 7.48. The third kappa shape index (κ3) is 4.84. The number of rotatable bonds is 7. The van der Waals surface area contributed by atoms with Gasteiger partial charge in [0.15, 0.2) is 0 Å². The Balaban J connectivity index is 1.72. The number of fused-ring (bicyclic) bond motifs is 1. The van der Waals surface area contributed by atoms with Crippen LogP contribution in [0.4, 0.5) is 0 Å². The largest absolute Gasteiger partial charge is 0.491 e. The molecular weight excluding hydrogens is 414 g/mol. The van der Waals surface area contributed by atoms with Gasteiger partial charge < -0.3 is 19.1 Å². The van der Waals surface area contributed by atoms with E-state index in [4.69, 9.17) is 21.1 Å². The van der Waals surface area contributed by atoms with E-state index in [9.17, 15) is 9.90 Å². The Morgan fingerprint density at radius 1 is 0.935 bits per heavy atom. The van der Waals surface area contributed by atoms with Gasteiger partial charge in [0.05, 0.1) is 18.0 Å². The summed E-state index contributed by atoms with van der Waals surface area (Å²) in [7, 11) is 0. The van der Waals surface area contributed by atoms with E-state index in [0.717, 1.165) is 22.3 Å². The van der Waals surface area contributed by atoms with Crippen LogP contribution in [-0.2, 0) is 11.2 Å². The zero-order chi connectivity index (χ0) is 22.0. The lowest BCUT2D eigenvalue weighted by atomic mass is 10.2. The van der Waals surface area contributed by atoms with Crippen molar-refractivity contribution < 1.29 is 19.4 Å². The van der Waals surface area contributed by atoms with Crippen molar-refractivity contribution in [2.45, 2.75) is 26.4 Å². The molecule has 0 aliphatic heterocycles. The summed E-state index contributed by atoms with van der Waals surface area (Å²) in [6.45, 7) is 3.95. The Kier molecular flexibility index (Phi) is 5.87. The lowest BCUT2D eigenvalue weighted by molar-refractivity contribution is -0.136. The molecule has 4 rings (SSSR count). The van der Waals surface area contributed by atoms with Gasteiger partial charge >= 0.3 is 5.97 Å². The third-order valence-electron chi connectivity index (χ3n) is 4.70. The van der Waals surface area contributed by atoms with E-state index >= 15 is 0 Å². The molecule has 1 N–H and O–H groups in total. The lowest BCUT2D eigenvalue weighted by Gasteiger charge is -2.13. The van der Waals surface area contributed by atoms with Crippen LogP contribution in [0.2, 0.25) is 5.02 Å². The van der Waals surface area contributed by atoms with Crippen LogP contribution >= 0.6 is 11.6 Å². The van der Waals surface area contributed by atoms with E-state index in [1.165, 1.54) is 0 Å². The summed E-state index contributed by atoms with van der Waals surface area (Å²) < 4.78 is 13.6. The molecule has 0 atom stereocenters. The minimum Gasteiger partial charge on any atom is -0.491 e. The fourth-order valence-electron chi connectivity index (χ4n) is 3.49. The summed E-state index contributed by atoms with van der Waals surface area (Å²) >= 11 is 5.93. The first-order valence-corrected chi connectivity index (χ1v) is 10.3. The van der Waals surface area contributed by atoms with Crippen LogP contribution in [0.15, 0.2) is 72.8 Å². The highest BCUT2D eigenvalue weighted by molar-refractivity contribution is 6.30. The maximum Gasteiger partial charge on any atom is 0.309 e. The van der Waals surface area contributed by atoms with Gasteiger partial charge in [0.2, 0.25) is 0 Å². The first-order chi connectivity index (χ1) is 14.9. The quantitative estimate of drug-likeness (QED) is 0.360. The molecule has 0 aliphatic rings. The van der Waals surface area contributed by atoms with Crippen LogP contribution in [0.5, 0.6) is 17.2 Å². The summed E-state index contributed by atoms with van der Waals surface area (Å²) in [5.41, 5.74) is 2.45. The first kappa shape index (κ1) is 20.8. The van der Waals surface area contributed by atoms with Crippen molar-refractivity contribution in [3.05, 3.63) is 83.5 Å². The number of carboxylic acid groups (broad SMARTS) is 1. The van der Waals surface area contributed by atoms with Gasteiger partial charge in [0, 0.05) is 21.8 Å².